The Balaban J connectivity index is 0.946. The van der Waals surface area contributed by atoms with Gasteiger partial charge in [0.25, 0.3) is 5.91 Å². The van der Waals surface area contributed by atoms with Crippen LogP contribution in [0, 0.1) is 11.3 Å². The molecule has 3 atom stereocenters. The number of carbonyl (C=O) groups is 5. The van der Waals surface area contributed by atoms with Crippen molar-refractivity contribution in [3.8, 4) is 6.07 Å². The number of benzene rings is 1. The number of piperidine rings is 1. The highest BCUT2D eigenvalue weighted by Crippen LogP contribution is 2.42. The van der Waals surface area contributed by atoms with E-state index in [-0.39, 0.29) is 59.8 Å². The van der Waals surface area contributed by atoms with E-state index in [4.69, 9.17) is 10.00 Å². The molecule has 0 unspecified atom stereocenters. The molecule has 2 aromatic rings. The van der Waals surface area contributed by atoms with Gasteiger partial charge in [0.15, 0.2) is 0 Å². The lowest BCUT2D eigenvalue weighted by molar-refractivity contribution is -0.138. The van der Waals surface area contributed by atoms with Crippen LogP contribution in [0.25, 0.3) is 0 Å². The molecule has 3 aliphatic heterocycles. The summed E-state index contributed by atoms with van der Waals surface area (Å²) in [5.41, 5.74) is -3.08. The number of pyridine rings is 1. The van der Waals surface area contributed by atoms with Crippen LogP contribution in [0.15, 0.2) is 41.4 Å². The van der Waals surface area contributed by atoms with Gasteiger partial charge in [0, 0.05) is 55.3 Å². The zero-order valence-corrected chi connectivity index (χ0v) is 34.0. The van der Waals surface area contributed by atoms with E-state index in [1.165, 1.54) is 12.1 Å². The van der Waals surface area contributed by atoms with Gasteiger partial charge in [-0.2, -0.15) is 22.7 Å². The molecule has 1 saturated carbocycles. The van der Waals surface area contributed by atoms with Crippen molar-refractivity contribution in [3.05, 3.63) is 53.2 Å². The molecule has 1 aliphatic carbocycles. The van der Waals surface area contributed by atoms with E-state index in [0.717, 1.165) is 29.5 Å². The molecule has 0 radical (unpaired) electrons. The van der Waals surface area contributed by atoms with Gasteiger partial charge in [0.2, 0.25) is 17.7 Å². The van der Waals surface area contributed by atoms with Crippen molar-refractivity contribution >= 4 is 47.4 Å². The first-order chi connectivity index (χ1) is 27.3. The number of hydrogen-bond donors (Lipinski definition) is 2. The first-order valence-electron chi connectivity index (χ1n) is 19.5. The number of hydrogen-bond acceptors (Lipinski definition) is 11. The molecule has 2 N–H and O–H groups in total. The largest absolute Gasteiger partial charge is 0.417 e. The average Bonchev–Trinajstić information content (AvgIpc) is 3.33. The van der Waals surface area contributed by atoms with Crippen molar-refractivity contribution in [1.82, 2.24) is 29.3 Å². The fourth-order valence-electron chi connectivity index (χ4n) is 8.53. The lowest BCUT2D eigenvalue weighted by atomic mass is 9.76. The van der Waals surface area contributed by atoms with Crippen LogP contribution < -0.4 is 10.6 Å². The van der Waals surface area contributed by atoms with Crippen LogP contribution in [-0.2, 0) is 35.5 Å². The van der Waals surface area contributed by atoms with Crippen LogP contribution in [0.3, 0.4) is 0 Å². The number of imide groups is 2. The van der Waals surface area contributed by atoms with E-state index in [1.54, 1.807) is 44.0 Å². The van der Waals surface area contributed by atoms with Crippen LogP contribution in [0.4, 0.5) is 23.8 Å². The van der Waals surface area contributed by atoms with Crippen molar-refractivity contribution in [2.24, 2.45) is 0 Å². The number of carbonyl (C=O) groups excluding carboxylic acids is 5. The van der Waals surface area contributed by atoms with Crippen molar-refractivity contribution in [2.75, 3.05) is 38.1 Å². The highest BCUT2D eigenvalue weighted by molar-refractivity contribution is 7.98. The lowest BCUT2D eigenvalue weighted by Gasteiger charge is -2.44. The quantitative estimate of drug-likeness (QED) is 0.176. The van der Waals surface area contributed by atoms with Crippen LogP contribution in [0.2, 0.25) is 0 Å². The minimum absolute atomic E-state index is 0.0251. The summed E-state index contributed by atoms with van der Waals surface area (Å²) in [4.78, 5) is 74.9. The molecule has 0 spiro atoms. The second-order valence-electron chi connectivity index (χ2n) is 16.3. The monoisotopic (exact) mass is 826 g/mol. The summed E-state index contributed by atoms with van der Waals surface area (Å²) in [7, 11) is 0. The van der Waals surface area contributed by atoms with Crippen LogP contribution >= 0.6 is 11.9 Å². The Bertz CT molecular complexity index is 1970. The van der Waals surface area contributed by atoms with Crippen molar-refractivity contribution in [1.29, 1.82) is 5.26 Å². The van der Waals surface area contributed by atoms with Gasteiger partial charge >= 0.3 is 12.2 Å². The van der Waals surface area contributed by atoms with E-state index in [2.05, 4.69) is 39.3 Å². The van der Waals surface area contributed by atoms with E-state index >= 15 is 0 Å². The van der Waals surface area contributed by atoms with Crippen LogP contribution in [0.1, 0.15) is 89.8 Å². The number of anilines is 1. The highest BCUT2D eigenvalue weighted by Gasteiger charge is 2.55. The van der Waals surface area contributed by atoms with Crippen molar-refractivity contribution in [2.45, 2.75) is 119 Å². The van der Waals surface area contributed by atoms with E-state index < -0.39 is 40.2 Å². The summed E-state index contributed by atoms with van der Waals surface area (Å²) >= 11 is 0.629. The number of nitrogens with zero attached hydrogens (tertiary/aromatic N) is 6. The maximum absolute atomic E-state index is 13.6. The number of ether oxygens (including phenoxy) is 1. The molecule has 0 bridgehead atoms. The maximum Gasteiger partial charge on any atom is 0.417 e. The van der Waals surface area contributed by atoms with Gasteiger partial charge in [0.1, 0.15) is 11.4 Å². The van der Waals surface area contributed by atoms with Crippen LogP contribution in [-0.4, -0.2) is 116 Å². The Kier molecular flexibility index (Phi) is 12.6. The maximum atomic E-state index is 13.6. The molecular formula is C40H49F3N8O6S. The third-order valence-electron chi connectivity index (χ3n) is 11.8. The summed E-state index contributed by atoms with van der Waals surface area (Å²) in [5.74, 6) is -1.06. The van der Waals surface area contributed by atoms with Gasteiger partial charge in [-0.05, 0) is 115 Å². The zero-order valence-electron chi connectivity index (χ0n) is 33.2. The van der Waals surface area contributed by atoms with Gasteiger partial charge in [-0.25, -0.2) is 9.78 Å². The number of amides is 6. The molecule has 312 valence electrons. The average molecular weight is 827 g/mol. The molecule has 4 heterocycles. The van der Waals surface area contributed by atoms with Gasteiger partial charge in [0.05, 0.1) is 41.9 Å². The molecule has 1 aromatic heterocycles. The predicted octanol–water partition coefficient (Wildman–Crippen LogP) is 5.08. The summed E-state index contributed by atoms with van der Waals surface area (Å²) in [6, 6.07) is 7.41. The van der Waals surface area contributed by atoms with Gasteiger partial charge in [-0.1, -0.05) is 0 Å². The third-order valence-corrected chi connectivity index (χ3v) is 12.8. The van der Waals surface area contributed by atoms with Crippen molar-refractivity contribution in [3.63, 3.8) is 0 Å². The first-order valence-corrected chi connectivity index (χ1v) is 20.3. The Hall–Kier alpha value is -4.57. The molecule has 6 amide bonds. The number of urea groups is 1. The molecule has 6 rings (SSSR count). The second kappa shape index (κ2) is 17.0. The van der Waals surface area contributed by atoms with Gasteiger partial charge < -0.3 is 15.0 Å². The molecule has 4 fully saturated rings. The minimum atomic E-state index is -4.77. The summed E-state index contributed by atoms with van der Waals surface area (Å²) < 4.78 is 47.9. The minimum Gasteiger partial charge on any atom is -0.377 e. The Labute approximate surface area is 339 Å². The summed E-state index contributed by atoms with van der Waals surface area (Å²) in [6.45, 7) is 12.1. The Morgan fingerprint density at radius 3 is 2.38 bits per heavy atom. The van der Waals surface area contributed by atoms with Crippen LogP contribution in [0.5, 0.6) is 0 Å². The fourth-order valence-corrected chi connectivity index (χ4v) is 9.52. The van der Waals surface area contributed by atoms with E-state index in [9.17, 15) is 37.1 Å². The topological polar surface area (TPSA) is 168 Å². The molecule has 58 heavy (non-hydrogen) atoms. The summed E-state index contributed by atoms with van der Waals surface area (Å²) in [6.07, 6.45) is -0.0829. The second-order valence-corrected chi connectivity index (χ2v) is 17.4. The highest BCUT2D eigenvalue weighted by atomic mass is 32.2. The number of nitrogens with one attached hydrogen (secondary N) is 2. The number of rotatable bonds is 11. The Morgan fingerprint density at radius 2 is 1.74 bits per heavy atom. The molecule has 1 aromatic carbocycles. The first kappa shape index (κ1) is 43.0. The molecular weight excluding hydrogens is 778 g/mol. The molecule has 3 saturated heterocycles. The predicted molar refractivity (Wildman–Crippen MR) is 207 cm³/mol. The number of alkyl halides is 3. The molecule has 18 heteroatoms. The number of halogens is 3. The zero-order chi connectivity index (χ0) is 42.2. The third kappa shape index (κ3) is 9.02. The van der Waals surface area contributed by atoms with Gasteiger partial charge in [-0.3, -0.25) is 34.3 Å². The number of aromatic nitrogens is 1. The number of nitriles is 1. The SMILES string of the molecule is C[C@@H]1CN(CCOC2CCC(N3C(=O)N(Sc4ccc(C#N)c(C(F)(F)F)c4)C(=O)C3(C)C)CC2)C[C@H](C)N1CC(=O)Nc1cc([C@]2(C)CCC(=O)NC2=O)ccn1. The smallest absolute Gasteiger partial charge is 0.377 e. The lowest BCUT2D eigenvalue weighted by Crippen LogP contribution is -2.58. The van der Waals surface area contributed by atoms with Crippen molar-refractivity contribution < 1.29 is 41.9 Å². The van der Waals surface area contributed by atoms with E-state index in [0.29, 0.717) is 68.6 Å². The molecule has 14 nitrogen and oxygen atoms in total. The Morgan fingerprint density at radius 1 is 1.05 bits per heavy atom. The fraction of sp³-hybridized carbons (Fsp3) is 0.575. The number of piperazine rings is 1. The summed E-state index contributed by atoms with van der Waals surface area (Å²) in [5, 5.41) is 14.4. The normalized spacial score (nSPS) is 27.1. The standard InChI is InChI=1S/C40H49F3N8O6S/c1-24-21-48(22-25(2)49(24)23-34(53)46-32-18-27(13-15-45-32)39(5)14-12-33(52)47-35(39)54)16-17-57-29-9-7-28(8-10-29)50-37(56)51(36(55)38(50,3)4)58-30-11-6-26(20-44)31(19-30)40(41,42)43/h6,11,13,15,18-19,24-25,28-29H,7-10,12,14,16-17,21-23H2,1-5H3,(H,45,46,53)(H,47,52,54)/t24-,25+,28?,29?,39-/m0/s1. The molecule has 4 aliphatic rings. The van der Waals surface area contributed by atoms with E-state index in [1.807, 2.05) is 0 Å². The van der Waals surface area contributed by atoms with Gasteiger partial charge in [-0.15, -0.1) is 0 Å².